The minimum Gasteiger partial charge on any atom is -0.496 e. The quantitative estimate of drug-likeness (QED) is 0.777. The van der Waals surface area contributed by atoms with Crippen LogP contribution in [0.5, 0.6) is 5.75 Å². The van der Waals surface area contributed by atoms with Crippen molar-refractivity contribution in [1.82, 2.24) is 0 Å². The average Bonchev–Trinajstić information content (AvgIpc) is 2.66. The van der Waals surface area contributed by atoms with E-state index in [4.69, 9.17) is 14.7 Å². The van der Waals surface area contributed by atoms with Gasteiger partial charge in [0.05, 0.1) is 25.3 Å². The second-order valence-corrected chi connectivity index (χ2v) is 5.44. The molecule has 0 heterocycles. The van der Waals surface area contributed by atoms with Crippen LogP contribution in [-0.2, 0) is 16.0 Å². The summed E-state index contributed by atoms with van der Waals surface area (Å²) in [5, 5.41) is 12.1. The van der Waals surface area contributed by atoms with Crippen LogP contribution in [0.15, 0.2) is 42.5 Å². The molecule has 0 aliphatic rings. The minimum absolute atomic E-state index is 0.307. The third-order valence-electron chi connectivity index (χ3n) is 3.87. The number of rotatable bonds is 7. The Morgan fingerprint density at radius 3 is 2.48 bits per heavy atom. The lowest BCUT2D eigenvalue weighted by Gasteiger charge is -2.20. The van der Waals surface area contributed by atoms with Crippen molar-refractivity contribution in [2.45, 2.75) is 26.3 Å². The maximum Gasteiger partial charge on any atom is 0.333 e. The number of nitriles is 1. The average molecular weight is 338 g/mol. The number of nitrogens with one attached hydrogen (secondary N) is 1. The van der Waals surface area contributed by atoms with Crippen molar-refractivity contribution in [2.75, 3.05) is 19.0 Å². The first-order valence-electron chi connectivity index (χ1n) is 8.23. The first-order chi connectivity index (χ1) is 12.1. The van der Waals surface area contributed by atoms with Gasteiger partial charge < -0.3 is 14.8 Å². The second kappa shape index (κ2) is 8.74. The molecule has 1 atom stereocenters. The zero-order valence-electron chi connectivity index (χ0n) is 14.7. The summed E-state index contributed by atoms with van der Waals surface area (Å²) in [5.41, 5.74) is 3.14. The normalized spacial score (nSPS) is 11.3. The summed E-state index contributed by atoms with van der Waals surface area (Å²) in [5.74, 6) is 0.450. The van der Waals surface area contributed by atoms with Gasteiger partial charge in [0, 0.05) is 5.69 Å². The van der Waals surface area contributed by atoms with Crippen molar-refractivity contribution >= 4 is 11.7 Å². The molecule has 5 nitrogen and oxygen atoms in total. The molecule has 0 amide bonds. The molecule has 0 spiro atoms. The van der Waals surface area contributed by atoms with Crippen LogP contribution in [0.3, 0.4) is 0 Å². The molecular formula is C20H22N2O3. The molecule has 0 aliphatic heterocycles. The molecule has 5 heteroatoms. The molecule has 0 fully saturated rings. The Labute approximate surface area is 148 Å². The van der Waals surface area contributed by atoms with Gasteiger partial charge in [-0.15, -0.1) is 0 Å². The highest BCUT2D eigenvalue weighted by Gasteiger charge is 2.23. The number of ether oxygens (including phenoxy) is 2. The number of carbonyl (C=O) groups excluding carboxylic acids is 1. The highest BCUT2D eigenvalue weighted by Crippen LogP contribution is 2.27. The molecule has 0 radical (unpaired) electrons. The summed E-state index contributed by atoms with van der Waals surface area (Å²) >= 11 is 0. The molecule has 130 valence electrons. The predicted molar refractivity (Wildman–Crippen MR) is 96.5 cm³/mol. The van der Waals surface area contributed by atoms with E-state index in [2.05, 4.69) is 11.4 Å². The number of benzene rings is 2. The molecular weight excluding hydrogens is 316 g/mol. The van der Waals surface area contributed by atoms with E-state index in [-0.39, 0.29) is 5.97 Å². The molecule has 0 saturated heterocycles. The molecule has 0 aromatic heterocycles. The number of hydrogen-bond acceptors (Lipinski definition) is 5. The Morgan fingerprint density at radius 2 is 1.92 bits per heavy atom. The first kappa shape index (κ1) is 18.3. The summed E-state index contributed by atoms with van der Waals surface area (Å²) in [6, 6.07) is 14.1. The van der Waals surface area contributed by atoms with Crippen molar-refractivity contribution in [2.24, 2.45) is 0 Å². The van der Waals surface area contributed by atoms with Gasteiger partial charge in [-0.05, 0) is 60.9 Å². The Bertz CT molecular complexity index is 764. The fraction of sp³-hybridized carbons (Fsp3) is 0.300. The van der Waals surface area contributed by atoms with Gasteiger partial charge in [0.15, 0.2) is 6.04 Å². The van der Waals surface area contributed by atoms with Crippen molar-refractivity contribution in [1.29, 1.82) is 5.26 Å². The molecule has 0 saturated carbocycles. The van der Waals surface area contributed by atoms with Crippen LogP contribution in [0.25, 0.3) is 0 Å². The van der Waals surface area contributed by atoms with E-state index in [9.17, 15) is 4.79 Å². The van der Waals surface area contributed by atoms with Gasteiger partial charge >= 0.3 is 5.97 Å². The summed E-state index contributed by atoms with van der Waals surface area (Å²) < 4.78 is 10.6. The van der Waals surface area contributed by atoms with Gasteiger partial charge in [-0.2, -0.15) is 5.26 Å². The number of anilines is 1. The number of aryl methyl sites for hydroxylation is 1. The fourth-order valence-electron chi connectivity index (χ4n) is 2.57. The van der Waals surface area contributed by atoms with Crippen molar-refractivity contribution in [3.63, 3.8) is 0 Å². The Kier molecular flexibility index (Phi) is 6.41. The molecule has 2 aromatic carbocycles. The third kappa shape index (κ3) is 4.51. The van der Waals surface area contributed by atoms with Gasteiger partial charge in [-0.3, -0.25) is 0 Å². The van der Waals surface area contributed by atoms with E-state index in [1.165, 1.54) is 0 Å². The van der Waals surface area contributed by atoms with E-state index in [0.717, 1.165) is 29.0 Å². The van der Waals surface area contributed by atoms with Crippen LogP contribution in [-0.4, -0.2) is 19.7 Å². The smallest absolute Gasteiger partial charge is 0.333 e. The highest BCUT2D eigenvalue weighted by atomic mass is 16.5. The lowest BCUT2D eigenvalue weighted by Crippen LogP contribution is -2.23. The van der Waals surface area contributed by atoms with Crippen LogP contribution in [0, 0.1) is 11.3 Å². The largest absolute Gasteiger partial charge is 0.496 e. The second-order valence-electron chi connectivity index (χ2n) is 5.44. The summed E-state index contributed by atoms with van der Waals surface area (Å²) in [6.45, 7) is 4.12. The SMILES string of the molecule is CCOC(=O)C(Nc1ccc(C#N)cc1)c1ccc(OC)c(CC)c1. The molecule has 1 unspecified atom stereocenters. The molecule has 2 aromatic rings. The first-order valence-corrected chi connectivity index (χ1v) is 8.23. The zero-order valence-corrected chi connectivity index (χ0v) is 14.7. The van der Waals surface area contributed by atoms with Crippen molar-refractivity contribution in [3.8, 4) is 11.8 Å². The van der Waals surface area contributed by atoms with E-state index in [1.54, 1.807) is 38.3 Å². The maximum atomic E-state index is 12.5. The lowest BCUT2D eigenvalue weighted by molar-refractivity contribution is -0.144. The molecule has 25 heavy (non-hydrogen) atoms. The fourth-order valence-corrected chi connectivity index (χ4v) is 2.57. The number of carbonyl (C=O) groups is 1. The summed E-state index contributed by atoms with van der Waals surface area (Å²) in [6.07, 6.45) is 0.795. The van der Waals surface area contributed by atoms with Crippen molar-refractivity contribution < 1.29 is 14.3 Å². The van der Waals surface area contributed by atoms with Gasteiger partial charge in [-0.1, -0.05) is 13.0 Å². The van der Waals surface area contributed by atoms with Crippen LogP contribution in [0.4, 0.5) is 5.69 Å². The third-order valence-corrected chi connectivity index (χ3v) is 3.87. The maximum absolute atomic E-state index is 12.5. The number of nitrogens with zero attached hydrogens (tertiary/aromatic N) is 1. The minimum atomic E-state index is -0.635. The standard InChI is InChI=1S/C20H22N2O3/c1-4-15-12-16(8-11-18(15)24-3)19(20(23)25-5-2)22-17-9-6-14(13-21)7-10-17/h6-12,19,22H,4-5H2,1-3H3. The highest BCUT2D eigenvalue weighted by molar-refractivity contribution is 5.81. The van der Waals surface area contributed by atoms with Gasteiger partial charge in [0.25, 0.3) is 0 Å². The van der Waals surface area contributed by atoms with Gasteiger partial charge in [0.1, 0.15) is 5.75 Å². The number of methoxy groups -OCH3 is 1. The Hall–Kier alpha value is -3.00. The monoisotopic (exact) mass is 338 g/mol. The molecule has 0 aliphatic carbocycles. The molecule has 2 rings (SSSR count). The molecule has 0 bridgehead atoms. The van der Waals surface area contributed by atoms with E-state index < -0.39 is 6.04 Å². The lowest BCUT2D eigenvalue weighted by atomic mass is 10.0. The summed E-state index contributed by atoms with van der Waals surface area (Å²) in [4.78, 5) is 12.5. The van der Waals surface area contributed by atoms with E-state index in [0.29, 0.717) is 12.2 Å². The van der Waals surface area contributed by atoms with E-state index in [1.807, 2.05) is 25.1 Å². The predicted octanol–water partition coefficient (Wildman–Crippen LogP) is 3.85. The van der Waals surface area contributed by atoms with Crippen molar-refractivity contribution in [3.05, 3.63) is 59.2 Å². The number of hydrogen-bond donors (Lipinski definition) is 1. The van der Waals surface area contributed by atoms with E-state index >= 15 is 0 Å². The van der Waals surface area contributed by atoms with Crippen LogP contribution in [0.2, 0.25) is 0 Å². The molecule has 1 N–H and O–H groups in total. The Balaban J connectivity index is 2.35. The summed E-state index contributed by atoms with van der Waals surface area (Å²) in [7, 11) is 1.63. The van der Waals surface area contributed by atoms with Crippen LogP contribution >= 0.6 is 0 Å². The number of esters is 1. The topological polar surface area (TPSA) is 71.3 Å². The van der Waals surface area contributed by atoms with Gasteiger partial charge in [0.2, 0.25) is 0 Å². The zero-order chi connectivity index (χ0) is 18.2. The van der Waals surface area contributed by atoms with Crippen LogP contribution in [0.1, 0.15) is 36.6 Å². The van der Waals surface area contributed by atoms with Gasteiger partial charge in [-0.25, -0.2) is 4.79 Å². The van der Waals surface area contributed by atoms with Crippen LogP contribution < -0.4 is 10.1 Å². The Morgan fingerprint density at radius 1 is 1.20 bits per heavy atom.